The van der Waals surface area contributed by atoms with Crippen molar-refractivity contribution in [2.75, 3.05) is 6.54 Å². The minimum Gasteiger partial charge on any atom is -0.465 e. The Morgan fingerprint density at radius 1 is 1.33 bits per heavy atom. The molecular formula is C21H24FN3O2. The minimum atomic E-state index is -0.758. The summed E-state index contributed by atoms with van der Waals surface area (Å²) in [7, 11) is 0. The summed E-state index contributed by atoms with van der Waals surface area (Å²) in [5.41, 5.74) is 6.90. The monoisotopic (exact) mass is 369 g/mol. The Morgan fingerprint density at radius 2 is 2.11 bits per heavy atom. The molecule has 3 N–H and O–H groups in total. The van der Waals surface area contributed by atoms with Crippen LogP contribution in [0.15, 0.2) is 71.5 Å². The van der Waals surface area contributed by atoms with E-state index in [9.17, 15) is 9.50 Å². The third kappa shape index (κ3) is 3.50. The molecule has 0 amide bonds. The van der Waals surface area contributed by atoms with Gasteiger partial charge in [0.1, 0.15) is 11.6 Å². The van der Waals surface area contributed by atoms with Crippen LogP contribution >= 0.6 is 0 Å². The molecule has 5 nitrogen and oxygen atoms in total. The van der Waals surface area contributed by atoms with Gasteiger partial charge in [0, 0.05) is 30.3 Å². The van der Waals surface area contributed by atoms with Gasteiger partial charge >= 0.3 is 0 Å². The number of aliphatic hydroxyl groups excluding tert-OH is 1. The number of hydrogen-bond acceptors (Lipinski definition) is 5. The standard InChI is InChI=1S/C21H24FN3O2/c1-21(2)20(26)25(23-10-9-14-5-7-16(22)8-6-14)18-13-19-15(4-3-11-27-19)12-17(18)24-21/h3-8,11,13,20,23-24,26H,9-10,12H2,1-2H3. The summed E-state index contributed by atoms with van der Waals surface area (Å²) in [6.45, 7) is 4.56. The van der Waals surface area contributed by atoms with Gasteiger partial charge in [-0.3, -0.25) is 5.01 Å². The number of halogens is 1. The number of aliphatic hydroxyl groups is 1. The smallest absolute Gasteiger partial charge is 0.163 e. The molecule has 6 heteroatoms. The van der Waals surface area contributed by atoms with E-state index >= 15 is 0 Å². The molecule has 0 saturated heterocycles. The van der Waals surface area contributed by atoms with Crippen molar-refractivity contribution in [3.63, 3.8) is 0 Å². The molecule has 1 aromatic carbocycles. The first-order valence-corrected chi connectivity index (χ1v) is 9.15. The summed E-state index contributed by atoms with van der Waals surface area (Å²) < 4.78 is 18.7. The van der Waals surface area contributed by atoms with E-state index in [1.807, 2.05) is 32.1 Å². The number of ether oxygens (including phenoxy) is 1. The Bertz CT molecular complexity index is 853. The van der Waals surface area contributed by atoms with Crippen LogP contribution in [0, 0.1) is 5.82 Å². The fourth-order valence-electron chi connectivity index (χ4n) is 3.57. The van der Waals surface area contributed by atoms with Crippen LogP contribution in [-0.4, -0.2) is 28.4 Å². The molecule has 142 valence electrons. The van der Waals surface area contributed by atoms with Gasteiger partial charge in [0.15, 0.2) is 6.23 Å². The third-order valence-corrected chi connectivity index (χ3v) is 5.06. The fraction of sp³-hybridized carbons (Fsp3) is 0.333. The molecule has 27 heavy (non-hydrogen) atoms. The summed E-state index contributed by atoms with van der Waals surface area (Å²) in [4.78, 5) is 0. The highest BCUT2D eigenvalue weighted by atomic mass is 19.1. The Kier molecular flexibility index (Phi) is 4.53. The number of nitrogens with zero attached hydrogens (tertiary/aromatic N) is 1. The normalized spacial score (nSPS) is 23.0. The molecule has 1 atom stereocenters. The highest BCUT2D eigenvalue weighted by Crippen LogP contribution is 2.36. The van der Waals surface area contributed by atoms with Crippen molar-refractivity contribution < 1.29 is 14.2 Å². The molecule has 0 spiro atoms. The Labute approximate surface area is 158 Å². The molecule has 2 aliphatic heterocycles. The number of nitrogens with one attached hydrogen (secondary N) is 2. The van der Waals surface area contributed by atoms with E-state index in [1.165, 1.54) is 12.1 Å². The van der Waals surface area contributed by atoms with E-state index in [2.05, 4.69) is 10.7 Å². The lowest BCUT2D eigenvalue weighted by Gasteiger charge is -2.48. The van der Waals surface area contributed by atoms with Crippen molar-refractivity contribution in [3.05, 3.63) is 82.9 Å². The van der Waals surface area contributed by atoms with Crippen molar-refractivity contribution in [2.45, 2.75) is 38.5 Å². The largest absolute Gasteiger partial charge is 0.465 e. The minimum absolute atomic E-state index is 0.236. The number of hydrogen-bond donors (Lipinski definition) is 3. The van der Waals surface area contributed by atoms with E-state index in [0.29, 0.717) is 6.54 Å². The van der Waals surface area contributed by atoms with Crippen LogP contribution in [0.2, 0.25) is 0 Å². The summed E-state index contributed by atoms with van der Waals surface area (Å²) in [6, 6.07) is 6.49. The molecule has 0 bridgehead atoms. The van der Waals surface area contributed by atoms with Gasteiger partial charge in [0.2, 0.25) is 0 Å². The molecule has 0 aromatic heterocycles. The van der Waals surface area contributed by atoms with Crippen LogP contribution in [-0.2, 0) is 11.2 Å². The maximum Gasteiger partial charge on any atom is 0.163 e. The lowest BCUT2D eigenvalue weighted by atomic mass is 9.91. The second-order valence-electron chi connectivity index (χ2n) is 7.56. The molecule has 4 rings (SSSR count). The number of rotatable bonds is 4. The van der Waals surface area contributed by atoms with Crippen molar-refractivity contribution in [1.82, 2.24) is 15.8 Å². The zero-order valence-corrected chi connectivity index (χ0v) is 15.5. The highest BCUT2D eigenvalue weighted by molar-refractivity contribution is 5.47. The number of hydrazine groups is 1. The Hall–Kier alpha value is -2.57. The molecule has 0 radical (unpaired) electrons. The maximum absolute atomic E-state index is 13.1. The van der Waals surface area contributed by atoms with Gasteiger partial charge in [-0.15, -0.1) is 0 Å². The third-order valence-electron chi connectivity index (χ3n) is 5.06. The van der Waals surface area contributed by atoms with E-state index in [0.717, 1.165) is 41.1 Å². The summed E-state index contributed by atoms with van der Waals surface area (Å²) in [6.07, 6.45) is 8.23. The summed E-state index contributed by atoms with van der Waals surface area (Å²) >= 11 is 0. The van der Waals surface area contributed by atoms with Gasteiger partial charge in [0.25, 0.3) is 0 Å². The second-order valence-corrected chi connectivity index (χ2v) is 7.56. The number of allylic oxidation sites excluding steroid dienone is 5. The van der Waals surface area contributed by atoms with Gasteiger partial charge in [-0.05, 0) is 44.0 Å². The van der Waals surface area contributed by atoms with E-state index in [1.54, 1.807) is 23.4 Å². The van der Waals surface area contributed by atoms with Gasteiger partial charge in [-0.2, -0.15) is 0 Å². The predicted octanol–water partition coefficient (Wildman–Crippen LogP) is 2.84. The van der Waals surface area contributed by atoms with Crippen LogP contribution in [0.4, 0.5) is 4.39 Å². The zero-order chi connectivity index (χ0) is 19.0. The van der Waals surface area contributed by atoms with Crippen LogP contribution < -0.4 is 10.7 Å². The Balaban J connectivity index is 1.54. The molecule has 2 heterocycles. The molecule has 1 aromatic rings. The van der Waals surface area contributed by atoms with Gasteiger partial charge in [-0.1, -0.05) is 18.2 Å². The summed E-state index contributed by atoms with van der Waals surface area (Å²) in [5, 5.41) is 16.2. The zero-order valence-electron chi connectivity index (χ0n) is 15.5. The molecular weight excluding hydrogens is 345 g/mol. The first-order chi connectivity index (χ1) is 12.9. The van der Waals surface area contributed by atoms with Gasteiger partial charge < -0.3 is 15.2 Å². The molecule has 3 aliphatic rings. The summed E-state index contributed by atoms with van der Waals surface area (Å²) in [5.74, 6) is 0.565. The fourth-order valence-corrected chi connectivity index (χ4v) is 3.57. The predicted molar refractivity (Wildman–Crippen MR) is 101 cm³/mol. The molecule has 1 aliphatic carbocycles. The van der Waals surface area contributed by atoms with Crippen LogP contribution in [0.1, 0.15) is 25.8 Å². The first kappa shape index (κ1) is 17.8. The van der Waals surface area contributed by atoms with Crippen LogP contribution in [0.5, 0.6) is 0 Å². The van der Waals surface area contributed by atoms with Gasteiger partial charge in [-0.25, -0.2) is 9.82 Å². The highest BCUT2D eigenvalue weighted by Gasteiger charge is 2.41. The van der Waals surface area contributed by atoms with E-state index in [-0.39, 0.29) is 5.82 Å². The van der Waals surface area contributed by atoms with Crippen LogP contribution in [0.25, 0.3) is 0 Å². The van der Waals surface area contributed by atoms with Crippen molar-refractivity contribution in [2.24, 2.45) is 0 Å². The SMILES string of the molecule is CC1(C)NC2=C(C=C3OC=CC=C3C2)N(NCCc2ccc(F)cc2)C1O. The van der Waals surface area contributed by atoms with Crippen molar-refractivity contribution >= 4 is 0 Å². The number of fused-ring (bicyclic) bond motifs is 1. The van der Waals surface area contributed by atoms with Crippen molar-refractivity contribution in [3.8, 4) is 0 Å². The lowest BCUT2D eigenvalue weighted by molar-refractivity contribution is -0.0690. The topological polar surface area (TPSA) is 56.8 Å². The van der Waals surface area contributed by atoms with E-state index < -0.39 is 11.8 Å². The first-order valence-electron chi connectivity index (χ1n) is 9.15. The average molecular weight is 369 g/mol. The molecule has 1 unspecified atom stereocenters. The molecule has 0 fully saturated rings. The Morgan fingerprint density at radius 3 is 2.89 bits per heavy atom. The number of benzene rings is 1. The average Bonchev–Trinajstić information content (AvgIpc) is 2.65. The lowest BCUT2D eigenvalue weighted by Crippen LogP contribution is -2.64. The molecule has 0 saturated carbocycles. The quantitative estimate of drug-likeness (QED) is 0.762. The maximum atomic E-state index is 13.1. The van der Waals surface area contributed by atoms with E-state index in [4.69, 9.17) is 4.74 Å². The second kappa shape index (κ2) is 6.87. The van der Waals surface area contributed by atoms with Crippen LogP contribution in [0.3, 0.4) is 0 Å². The van der Waals surface area contributed by atoms with Crippen molar-refractivity contribution in [1.29, 1.82) is 0 Å². The van der Waals surface area contributed by atoms with Gasteiger partial charge in [0.05, 0.1) is 17.5 Å².